The Labute approximate surface area is 107 Å². The molecule has 1 unspecified atom stereocenters. The number of piperidine rings is 1. The molecule has 0 spiro atoms. The minimum Gasteiger partial charge on any atom is -0.313 e. The third-order valence-electron chi connectivity index (χ3n) is 4.43. The highest BCUT2D eigenvalue weighted by molar-refractivity contribution is 4.81. The van der Waals surface area contributed by atoms with Crippen molar-refractivity contribution in [1.29, 1.82) is 0 Å². The number of hydrogen-bond donors (Lipinski definition) is 1. The van der Waals surface area contributed by atoms with Crippen molar-refractivity contribution in [2.24, 2.45) is 0 Å². The predicted octanol–water partition coefficient (Wildman–Crippen LogP) is 1.54. The maximum absolute atomic E-state index is 3.71. The minimum absolute atomic E-state index is 0.758. The first-order chi connectivity index (χ1) is 8.25. The van der Waals surface area contributed by atoms with Crippen LogP contribution < -0.4 is 5.32 Å². The second-order valence-electron chi connectivity index (χ2n) is 6.00. The van der Waals surface area contributed by atoms with E-state index in [9.17, 15) is 0 Å². The van der Waals surface area contributed by atoms with Crippen LogP contribution in [0.3, 0.4) is 0 Å². The fourth-order valence-corrected chi connectivity index (χ4v) is 3.19. The van der Waals surface area contributed by atoms with E-state index in [1.165, 1.54) is 64.7 Å². The third kappa shape index (κ3) is 4.23. The van der Waals surface area contributed by atoms with Gasteiger partial charge in [-0.15, -0.1) is 0 Å². The lowest BCUT2D eigenvalue weighted by atomic mass is 10.0. The molecule has 2 aliphatic heterocycles. The van der Waals surface area contributed by atoms with Crippen molar-refractivity contribution in [2.75, 3.05) is 40.3 Å². The molecule has 2 saturated heterocycles. The summed E-state index contributed by atoms with van der Waals surface area (Å²) in [6.45, 7) is 5.10. The largest absolute Gasteiger partial charge is 0.313 e. The van der Waals surface area contributed by atoms with Gasteiger partial charge in [0.1, 0.15) is 0 Å². The van der Waals surface area contributed by atoms with Crippen LogP contribution in [0.1, 0.15) is 38.5 Å². The van der Waals surface area contributed by atoms with Gasteiger partial charge in [-0.3, -0.25) is 0 Å². The smallest absolute Gasteiger partial charge is 0.0195 e. The maximum atomic E-state index is 3.71. The van der Waals surface area contributed by atoms with Crippen LogP contribution in [0, 0.1) is 0 Å². The Balaban J connectivity index is 1.69. The molecular formula is C14H29N3. The van der Waals surface area contributed by atoms with E-state index in [1.54, 1.807) is 0 Å². The number of hydrogen-bond acceptors (Lipinski definition) is 3. The van der Waals surface area contributed by atoms with E-state index in [2.05, 4.69) is 29.2 Å². The maximum Gasteiger partial charge on any atom is 0.0195 e. The van der Waals surface area contributed by atoms with Gasteiger partial charge in [-0.25, -0.2) is 0 Å². The van der Waals surface area contributed by atoms with Gasteiger partial charge in [-0.2, -0.15) is 0 Å². The molecule has 3 nitrogen and oxygen atoms in total. The zero-order valence-corrected chi connectivity index (χ0v) is 11.6. The van der Waals surface area contributed by atoms with Crippen LogP contribution in [0.25, 0.3) is 0 Å². The molecule has 0 aromatic carbocycles. The van der Waals surface area contributed by atoms with Gasteiger partial charge in [0.2, 0.25) is 0 Å². The summed E-state index contributed by atoms with van der Waals surface area (Å²) in [5, 5.41) is 3.71. The first-order valence-corrected chi connectivity index (χ1v) is 7.38. The molecule has 100 valence electrons. The fraction of sp³-hybridized carbons (Fsp3) is 1.00. The van der Waals surface area contributed by atoms with Crippen molar-refractivity contribution in [3.63, 3.8) is 0 Å². The second kappa shape index (κ2) is 6.72. The molecule has 2 heterocycles. The highest BCUT2D eigenvalue weighted by atomic mass is 15.2. The van der Waals surface area contributed by atoms with Crippen LogP contribution in [0.5, 0.6) is 0 Å². The molecular weight excluding hydrogens is 210 g/mol. The molecule has 0 bridgehead atoms. The van der Waals surface area contributed by atoms with Gasteiger partial charge >= 0.3 is 0 Å². The van der Waals surface area contributed by atoms with Crippen LogP contribution in [0.15, 0.2) is 0 Å². The molecule has 2 fully saturated rings. The lowest BCUT2D eigenvalue weighted by molar-refractivity contribution is 0.134. The zero-order valence-electron chi connectivity index (χ0n) is 11.6. The van der Waals surface area contributed by atoms with Gasteiger partial charge in [-0.1, -0.05) is 12.8 Å². The fourth-order valence-electron chi connectivity index (χ4n) is 3.19. The molecule has 17 heavy (non-hydrogen) atoms. The summed E-state index contributed by atoms with van der Waals surface area (Å²) >= 11 is 0. The molecule has 1 atom stereocenters. The lowest BCUT2D eigenvalue weighted by Crippen LogP contribution is -2.47. The van der Waals surface area contributed by atoms with Crippen molar-refractivity contribution in [1.82, 2.24) is 15.1 Å². The standard InChI is InChI=1S/C14H29N3/c1-16(2)14-7-10-17(11-8-14)12-13-6-4-3-5-9-15-13/h13-15H,3-12H2,1-2H3. The topological polar surface area (TPSA) is 18.5 Å². The highest BCUT2D eigenvalue weighted by Crippen LogP contribution is 2.16. The SMILES string of the molecule is CN(C)C1CCN(CC2CCCCCN2)CC1. The lowest BCUT2D eigenvalue weighted by Gasteiger charge is -2.36. The molecule has 2 rings (SSSR count). The van der Waals surface area contributed by atoms with Gasteiger partial charge in [0.25, 0.3) is 0 Å². The van der Waals surface area contributed by atoms with E-state index in [0.29, 0.717) is 0 Å². The molecule has 2 aliphatic rings. The predicted molar refractivity (Wildman–Crippen MR) is 73.4 cm³/mol. The van der Waals surface area contributed by atoms with Crippen molar-refractivity contribution < 1.29 is 0 Å². The Bertz CT molecular complexity index is 202. The van der Waals surface area contributed by atoms with Gasteiger partial charge < -0.3 is 15.1 Å². The van der Waals surface area contributed by atoms with E-state index < -0.39 is 0 Å². The van der Waals surface area contributed by atoms with Crippen LogP contribution in [0.2, 0.25) is 0 Å². The Morgan fingerprint density at radius 3 is 2.53 bits per heavy atom. The number of nitrogens with one attached hydrogen (secondary N) is 1. The molecule has 3 heteroatoms. The van der Waals surface area contributed by atoms with E-state index in [-0.39, 0.29) is 0 Å². The summed E-state index contributed by atoms with van der Waals surface area (Å²) in [6, 6.07) is 1.57. The number of rotatable bonds is 3. The summed E-state index contributed by atoms with van der Waals surface area (Å²) in [4.78, 5) is 5.06. The highest BCUT2D eigenvalue weighted by Gasteiger charge is 2.22. The summed E-state index contributed by atoms with van der Waals surface area (Å²) in [6.07, 6.45) is 8.30. The van der Waals surface area contributed by atoms with Crippen molar-refractivity contribution >= 4 is 0 Å². The molecule has 1 N–H and O–H groups in total. The van der Waals surface area contributed by atoms with Crippen LogP contribution in [0.4, 0.5) is 0 Å². The molecule has 0 aromatic rings. The monoisotopic (exact) mass is 239 g/mol. The van der Waals surface area contributed by atoms with Gasteiger partial charge in [0.05, 0.1) is 0 Å². The minimum atomic E-state index is 0.758. The molecule has 0 saturated carbocycles. The van der Waals surface area contributed by atoms with Gasteiger partial charge in [0, 0.05) is 18.6 Å². The molecule has 0 radical (unpaired) electrons. The summed E-state index contributed by atoms with van der Waals surface area (Å²) in [7, 11) is 4.43. The normalized spacial score (nSPS) is 29.5. The Hall–Kier alpha value is -0.120. The van der Waals surface area contributed by atoms with Crippen molar-refractivity contribution in [2.45, 2.75) is 50.6 Å². The molecule has 0 amide bonds. The average Bonchev–Trinajstić information content (AvgIpc) is 2.58. The Morgan fingerprint density at radius 2 is 1.82 bits per heavy atom. The Kier molecular flexibility index (Phi) is 5.26. The summed E-state index contributed by atoms with van der Waals surface area (Å²) in [5.74, 6) is 0. The molecule has 0 aliphatic carbocycles. The molecule has 0 aromatic heterocycles. The third-order valence-corrected chi connectivity index (χ3v) is 4.43. The van der Waals surface area contributed by atoms with Crippen LogP contribution >= 0.6 is 0 Å². The van der Waals surface area contributed by atoms with Gasteiger partial charge in [0.15, 0.2) is 0 Å². The number of nitrogens with zero attached hydrogens (tertiary/aromatic N) is 2. The van der Waals surface area contributed by atoms with Crippen LogP contribution in [-0.2, 0) is 0 Å². The second-order valence-corrected chi connectivity index (χ2v) is 6.00. The van der Waals surface area contributed by atoms with E-state index in [1.807, 2.05) is 0 Å². The van der Waals surface area contributed by atoms with E-state index >= 15 is 0 Å². The summed E-state index contributed by atoms with van der Waals surface area (Å²) in [5.41, 5.74) is 0. The first kappa shape index (κ1) is 13.3. The van der Waals surface area contributed by atoms with Crippen LogP contribution in [-0.4, -0.2) is 62.2 Å². The first-order valence-electron chi connectivity index (χ1n) is 7.38. The summed E-state index contributed by atoms with van der Waals surface area (Å²) < 4.78 is 0. The van der Waals surface area contributed by atoms with Crippen molar-refractivity contribution in [3.8, 4) is 0 Å². The van der Waals surface area contributed by atoms with Gasteiger partial charge in [-0.05, 0) is 59.4 Å². The van der Waals surface area contributed by atoms with E-state index in [4.69, 9.17) is 0 Å². The number of likely N-dealkylation sites (tertiary alicyclic amines) is 1. The Morgan fingerprint density at radius 1 is 1.06 bits per heavy atom. The average molecular weight is 239 g/mol. The van der Waals surface area contributed by atoms with E-state index in [0.717, 1.165) is 12.1 Å². The zero-order chi connectivity index (χ0) is 12.1. The quantitative estimate of drug-likeness (QED) is 0.806. The van der Waals surface area contributed by atoms with Crippen molar-refractivity contribution in [3.05, 3.63) is 0 Å².